The second-order valence-corrected chi connectivity index (χ2v) is 4.15. The van der Waals surface area contributed by atoms with Gasteiger partial charge in [-0.3, -0.25) is 4.79 Å². The van der Waals surface area contributed by atoms with Crippen LogP contribution in [-0.2, 0) is 0 Å². The molecule has 0 bridgehead atoms. The molecule has 0 heterocycles. The zero-order chi connectivity index (χ0) is 14.5. The number of hydrogen-bond donors (Lipinski definition) is 2. The average molecular weight is 276 g/mol. The minimum Gasteiger partial charge on any atom is -0.382 e. The first kappa shape index (κ1) is 14.0. The number of carbonyl (C=O) groups is 1. The lowest BCUT2D eigenvalue weighted by Crippen LogP contribution is -2.15. The first-order valence-corrected chi connectivity index (χ1v) is 6.21. The van der Waals surface area contributed by atoms with E-state index >= 15 is 0 Å². The van der Waals surface area contributed by atoms with Crippen LogP contribution in [0.4, 0.5) is 20.2 Å². The van der Waals surface area contributed by atoms with Gasteiger partial charge in [-0.05, 0) is 43.3 Å². The summed E-state index contributed by atoms with van der Waals surface area (Å²) >= 11 is 0. The van der Waals surface area contributed by atoms with Crippen molar-refractivity contribution in [2.75, 3.05) is 17.2 Å². The van der Waals surface area contributed by atoms with E-state index in [1.807, 2.05) is 6.92 Å². The first-order valence-electron chi connectivity index (χ1n) is 6.21. The minimum atomic E-state index is -0.487. The molecular formula is C15H14F2N2O. The van der Waals surface area contributed by atoms with E-state index < -0.39 is 11.7 Å². The normalized spacial score (nSPS) is 10.2. The van der Waals surface area contributed by atoms with E-state index in [4.69, 9.17) is 0 Å². The van der Waals surface area contributed by atoms with Crippen LogP contribution in [0.5, 0.6) is 0 Å². The molecule has 1 amide bonds. The molecule has 3 nitrogen and oxygen atoms in total. The van der Waals surface area contributed by atoms with Crippen molar-refractivity contribution < 1.29 is 13.6 Å². The molecule has 0 aliphatic rings. The van der Waals surface area contributed by atoms with Gasteiger partial charge in [-0.2, -0.15) is 0 Å². The van der Waals surface area contributed by atoms with Gasteiger partial charge in [-0.1, -0.05) is 6.07 Å². The molecular weight excluding hydrogens is 262 g/mol. The van der Waals surface area contributed by atoms with E-state index in [0.29, 0.717) is 12.2 Å². The van der Waals surface area contributed by atoms with E-state index in [1.54, 1.807) is 0 Å². The third kappa shape index (κ3) is 3.12. The van der Waals surface area contributed by atoms with Crippen molar-refractivity contribution >= 4 is 17.3 Å². The van der Waals surface area contributed by atoms with Crippen molar-refractivity contribution in [2.45, 2.75) is 6.92 Å². The number of hydrogen-bond acceptors (Lipinski definition) is 2. The summed E-state index contributed by atoms with van der Waals surface area (Å²) in [5, 5.41) is 5.42. The largest absolute Gasteiger partial charge is 0.382 e. The molecule has 2 aromatic carbocycles. The summed E-state index contributed by atoms with van der Waals surface area (Å²) < 4.78 is 26.5. The topological polar surface area (TPSA) is 41.1 Å². The highest BCUT2D eigenvalue weighted by atomic mass is 19.1. The average Bonchev–Trinajstić information content (AvgIpc) is 2.43. The summed E-state index contributed by atoms with van der Waals surface area (Å²) in [7, 11) is 0. The van der Waals surface area contributed by atoms with Gasteiger partial charge >= 0.3 is 0 Å². The molecule has 0 saturated heterocycles. The Bertz CT molecular complexity index is 612. The fourth-order valence-electron chi connectivity index (χ4n) is 1.80. The molecule has 0 saturated carbocycles. The molecule has 2 aromatic rings. The van der Waals surface area contributed by atoms with Crippen LogP contribution in [0.25, 0.3) is 0 Å². The van der Waals surface area contributed by atoms with E-state index in [-0.39, 0.29) is 17.1 Å². The van der Waals surface area contributed by atoms with Crippen molar-refractivity contribution in [1.29, 1.82) is 0 Å². The predicted octanol–water partition coefficient (Wildman–Crippen LogP) is 3.65. The molecule has 0 radical (unpaired) electrons. The molecule has 0 aliphatic heterocycles. The number of benzene rings is 2. The van der Waals surface area contributed by atoms with Crippen molar-refractivity contribution in [3.63, 3.8) is 0 Å². The maximum absolute atomic E-state index is 13.7. The maximum atomic E-state index is 13.7. The molecule has 104 valence electrons. The van der Waals surface area contributed by atoms with E-state index in [0.717, 1.165) is 0 Å². The highest BCUT2D eigenvalue weighted by Crippen LogP contribution is 2.21. The number of carbonyl (C=O) groups excluding carboxylic acids is 1. The van der Waals surface area contributed by atoms with Crippen LogP contribution in [-0.4, -0.2) is 12.5 Å². The highest BCUT2D eigenvalue weighted by Gasteiger charge is 2.14. The second kappa shape index (κ2) is 6.14. The van der Waals surface area contributed by atoms with Crippen LogP contribution in [0.1, 0.15) is 17.3 Å². The highest BCUT2D eigenvalue weighted by molar-refractivity contribution is 6.08. The molecule has 2 rings (SSSR count). The zero-order valence-electron chi connectivity index (χ0n) is 10.9. The van der Waals surface area contributed by atoms with Crippen molar-refractivity contribution in [3.8, 4) is 0 Å². The van der Waals surface area contributed by atoms with E-state index in [2.05, 4.69) is 10.6 Å². The third-order valence-corrected chi connectivity index (χ3v) is 2.71. The number of anilines is 2. The number of nitrogens with one attached hydrogen (secondary N) is 2. The molecule has 5 heteroatoms. The molecule has 0 atom stereocenters. The summed E-state index contributed by atoms with van der Waals surface area (Å²) in [6.07, 6.45) is 0. The Morgan fingerprint density at radius 2 is 1.80 bits per heavy atom. The summed E-state index contributed by atoms with van der Waals surface area (Å²) in [6, 6.07) is 9.65. The Hall–Kier alpha value is -2.43. The van der Waals surface area contributed by atoms with Gasteiger partial charge in [-0.25, -0.2) is 8.78 Å². The SMILES string of the molecule is CCNc1c(F)cccc1C(=O)Nc1ccc(F)cc1. The first-order chi connectivity index (χ1) is 9.61. The van der Waals surface area contributed by atoms with Gasteiger partial charge in [-0.15, -0.1) is 0 Å². The van der Waals surface area contributed by atoms with Crippen LogP contribution in [0.15, 0.2) is 42.5 Å². The van der Waals surface area contributed by atoms with Crippen LogP contribution >= 0.6 is 0 Å². The Morgan fingerprint density at radius 3 is 2.45 bits per heavy atom. The number of amides is 1. The van der Waals surface area contributed by atoms with Gasteiger partial charge in [0.25, 0.3) is 5.91 Å². The lowest BCUT2D eigenvalue weighted by molar-refractivity contribution is 0.102. The number of rotatable bonds is 4. The predicted molar refractivity (Wildman–Crippen MR) is 74.9 cm³/mol. The van der Waals surface area contributed by atoms with E-state index in [1.165, 1.54) is 42.5 Å². The fourth-order valence-corrected chi connectivity index (χ4v) is 1.80. The summed E-state index contributed by atoms with van der Waals surface area (Å²) in [5.41, 5.74) is 0.814. The summed E-state index contributed by atoms with van der Waals surface area (Å²) in [6.45, 7) is 2.31. The number of halogens is 2. The maximum Gasteiger partial charge on any atom is 0.257 e. The quantitative estimate of drug-likeness (QED) is 0.895. The van der Waals surface area contributed by atoms with Gasteiger partial charge in [0.05, 0.1) is 11.3 Å². The Labute approximate surface area is 115 Å². The molecule has 0 aromatic heterocycles. The lowest BCUT2D eigenvalue weighted by atomic mass is 10.1. The van der Waals surface area contributed by atoms with Crippen molar-refractivity contribution in [3.05, 3.63) is 59.7 Å². The summed E-state index contributed by atoms with van der Waals surface area (Å²) in [5.74, 6) is -1.33. The third-order valence-electron chi connectivity index (χ3n) is 2.71. The van der Waals surface area contributed by atoms with Gasteiger partial charge in [0.2, 0.25) is 0 Å². The second-order valence-electron chi connectivity index (χ2n) is 4.15. The van der Waals surface area contributed by atoms with Crippen molar-refractivity contribution in [2.24, 2.45) is 0 Å². The zero-order valence-corrected chi connectivity index (χ0v) is 10.9. The summed E-state index contributed by atoms with van der Waals surface area (Å²) in [4.78, 5) is 12.1. The van der Waals surface area contributed by atoms with E-state index in [9.17, 15) is 13.6 Å². The molecule has 0 aliphatic carbocycles. The molecule has 0 spiro atoms. The Balaban J connectivity index is 2.25. The molecule has 0 fully saturated rings. The monoisotopic (exact) mass is 276 g/mol. The van der Waals surface area contributed by atoms with Crippen LogP contribution in [0.2, 0.25) is 0 Å². The fraction of sp³-hybridized carbons (Fsp3) is 0.133. The van der Waals surface area contributed by atoms with Gasteiger partial charge in [0, 0.05) is 12.2 Å². The van der Waals surface area contributed by atoms with Crippen molar-refractivity contribution in [1.82, 2.24) is 0 Å². The van der Waals surface area contributed by atoms with Gasteiger partial charge < -0.3 is 10.6 Å². The van der Waals surface area contributed by atoms with Gasteiger partial charge in [0.15, 0.2) is 0 Å². The Kier molecular flexibility index (Phi) is 4.30. The van der Waals surface area contributed by atoms with Crippen LogP contribution < -0.4 is 10.6 Å². The minimum absolute atomic E-state index is 0.162. The molecule has 2 N–H and O–H groups in total. The molecule has 0 unspecified atom stereocenters. The smallest absolute Gasteiger partial charge is 0.257 e. The number of para-hydroxylation sites is 1. The Morgan fingerprint density at radius 1 is 1.10 bits per heavy atom. The standard InChI is InChI=1S/C15H14F2N2O/c1-2-18-14-12(4-3-5-13(14)17)15(20)19-11-8-6-10(16)7-9-11/h3-9,18H,2H2,1H3,(H,19,20). The molecule has 20 heavy (non-hydrogen) atoms. The van der Waals surface area contributed by atoms with Gasteiger partial charge in [0.1, 0.15) is 11.6 Å². The van der Waals surface area contributed by atoms with Crippen LogP contribution in [0, 0.1) is 11.6 Å². The van der Waals surface area contributed by atoms with Crippen LogP contribution in [0.3, 0.4) is 0 Å². The lowest BCUT2D eigenvalue weighted by Gasteiger charge is -2.12.